The molecule has 0 aliphatic carbocycles. The fourth-order valence-corrected chi connectivity index (χ4v) is 3.10. The molecular formula is C16H16N2O2S. The number of thiazole rings is 1. The van der Waals surface area contributed by atoms with Gasteiger partial charge in [0.25, 0.3) is 0 Å². The van der Waals surface area contributed by atoms with Gasteiger partial charge in [-0.05, 0) is 19.1 Å². The molecule has 108 valence electrons. The topological polar surface area (TPSA) is 44.1 Å². The van der Waals surface area contributed by atoms with Crippen LogP contribution in [0.2, 0.25) is 0 Å². The zero-order valence-electron chi connectivity index (χ0n) is 11.9. The van der Waals surface area contributed by atoms with Crippen molar-refractivity contribution >= 4 is 22.2 Å². The van der Waals surface area contributed by atoms with Crippen molar-refractivity contribution in [1.29, 1.82) is 0 Å². The Morgan fingerprint density at radius 2 is 2.14 bits per heavy atom. The molecule has 0 amide bonds. The molecule has 0 N–H and O–H groups in total. The van der Waals surface area contributed by atoms with E-state index in [1.165, 1.54) is 0 Å². The summed E-state index contributed by atoms with van der Waals surface area (Å²) in [5.74, 6) is 0. The van der Waals surface area contributed by atoms with E-state index in [-0.39, 0.29) is 11.5 Å². The standard InChI is InChI=1S/C16H16N2O2S/c1-11(20-2)16-17-12(10-21-16)9-18-8-7-15(19)13-5-3-4-6-14(13)18/h3-8,10-11H,9H2,1-2H3. The molecule has 0 spiro atoms. The van der Waals surface area contributed by atoms with E-state index in [4.69, 9.17) is 4.74 Å². The van der Waals surface area contributed by atoms with Gasteiger partial charge in [-0.2, -0.15) is 0 Å². The maximum Gasteiger partial charge on any atom is 0.189 e. The largest absolute Gasteiger partial charge is 0.375 e. The van der Waals surface area contributed by atoms with Gasteiger partial charge in [0.05, 0.1) is 17.8 Å². The predicted octanol–water partition coefficient (Wildman–Crippen LogP) is 3.21. The van der Waals surface area contributed by atoms with Gasteiger partial charge >= 0.3 is 0 Å². The first-order valence-electron chi connectivity index (χ1n) is 6.74. The molecule has 1 atom stereocenters. The van der Waals surface area contributed by atoms with E-state index in [9.17, 15) is 4.79 Å². The van der Waals surface area contributed by atoms with Crippen LogP contribution in [0.15, 0.2) is 46.7 Å². The zero-order valence-corrected chi connectivity index (χ0v) is 12.8. The Morgan fingerprint density at radius 1 is 1.33 bits per heavy atom. The van der Waals surface area contributed by atoms with Crippen molar-refractivity contribution in [1.82, 2.24) is 9.55 Å². The van der Waals surface area contributed by atoms with Gasteiger partial charge in [0.2, 0.25) is 0 Å². The summed E-state index contributed by atoms with van der Waals surface area (Å²) in [6, 6.07) is 9.25. The first kappa shape index (κ1) is 14.0. The number of para-hydroxylation sites is 1. The van der Waals surface area contributed by atoms with Gasteiger partial charge in [0.15, 0.2) is 5.43 Å². The Balaban J connectivity index is 1.97. The molecule has 5 heteroatoms. The molecule has 0 saturated carbocycles. The van der Waals surface area contributed by atoms with E-state index < -0.39 is 0 Å². The summed E-state index contributed by atoms with van der Waals surface area (Å²) in [4.78, 5) is 16.5. The van der Waals surface area contributed by atoms with Crippen LogP contribution in [0.4, 0.5) is 0 Å². The van der Waals surface area contributed by atoms with Crippen LogP contribution >= 0.6 is 11.3 Å². The molecule has 21 heavy (non-hydrogen) atoms. The highest BCUT2D eigenvalue weighted by Gasteiger charge is 2.10. The Labute approximate surface area is 126 Å². The predicted molar refractivity (Wildman–Crippen MR) is 84.8 cm³/mol. The average molecular weight is 300 g/mol. The number of rotatable bonds is 4. The summed E-state index contributed by atoms with van der Waals surface area (Å²) >= 11 is 1.60. The fraction of sp³-hybridized carbons (Fsp3) is 0.250. The Morgan fingerprint density at radius 3 is 2.95 bits per heavy atom. The van der Waals surface area contributed by atoms with Gasteiger partial charge in [-0.25, -0.2) is 4.98 Å². The maximum atomic E-state index is 11.9. The Bertz CT molecular complexity index is 822. The lowest BCUT2D eigenvalue weighted by molar-refractivity contribution is 0.119. The minimum absolute atomic E-state index is 0.00881. The molecule has 0 radical (unpaired) electrons. The van der Waals surface area contributed by atoms with Gasteiger partial charge in [-0.1, -0.05) is 12.1 Å². The molecule has 3 rings (SSSR count). The van der Waals surface area contributed by atoms with Crippen molar-refractivity contribution in [2.24, 2.45) is 0 Å². The van der Waals surface area contributed by atoms with Crippen molar-refractivity contribution < 1.29 is 4.74 Å². The number of hydrogen-bond acceptors (Lipinski definition) is 4. The normalized spacial score (nSPS) is 12.7. The molecule has 4 nitrogen and oxygen atoms in total. The lowest BCUT2D eigenvalue weighted by Crippen LogP contribution is -2.09. The number of fused-ring (bicyclic) bond motifs is 1. The van der Waals surface area contributed by atoms with Crippen LogP contribution < -0.4 is 5.43 Å². The van der Waals surface area contributed by atoms with Crippen LogP contribution in [0.3, 0.4) is 0 Å². The first-order chi connectivity index (χ1) is 10.2. The van der Waals surface area contributed by atoms with E-state index in [0.29, 0.717) is 6.54 Å². The lowest BCUT2D eigenvalue weighted by Gasteiger charge is -2.09. The number of methoxy groups -OCH3 is 1. The highest BCUT2D eigenvalue weighted by Crippen LogP contribution is 2.21. The molecule has 0 aliphatic rings. The maximum absolute atomic E-state index is 11.9. The molecular weight excluding hydrogens is 284 g/mol. The summed E-state index contributed by atoms with van der Waals surface area (Å²) in [7, 11) is 1.68. The van der Waals surface area contributed by atoms with E-state index in [2.05, 4.69) is 4.98 Å². The van der Waals surface area contributed by atoms with Crippen molar-refractivity contribution in [2.75, 3.05) is 7.11 Å². The number of ether oxygens (including phenoxy) is 1. The van der Waals surface area contributed by atoms with Crippen LogP contribution in [-0.2, 0) is 11.3 Å². The van der Waals surface area contributed by atoms with Crippen LogP contribution in [0, 0.1) is 0 Å². The smallest absolute Gasteiger partial charge is 0.189 e. The Hall–Kier alpha value is -1.98. The molecule has 0 bridgehead atoms. The molecule has 0 saturated heterocycles. The number of aromatic nitrogens is 2. The minimum atomic E-state index is 0.00881. The highest BCUT2D eigenvalue weighted by atomic mass is 32.1. The number of pyridine rings is 1. The van der Waals surface area contributed by atoms with Crippen LogP contribution in [-0.4, -0.2) is 16.7 Å². The zero-order chi connectivity index (χ0) is 14.8. The Kier molecular flexibility index (Phi) is 3.86. The van der Waals surface area contributed by atoms with Crippen LogP contribution in [0.1, 0.15) is 23.7 Å². The van der Waals surface area contributed by atoms with Crippen molar-refractivity contribution in [3.63, 3.8) is 0 Å². The second kappa shape index (κ2) is 5.79. The van der Waals surface area contributed by atoms with E-state index >= 15 is 0 Å². The monoisotopic (exact) mass is 300 g/mol. The lowest BCUT2D eigenvalue weighted by atomic mass is 10.2. The summed E-state index contributed by atoms with van der Waals surface area (Å²) in [6.07, 6.45) is 1.83. The molecule has 3 aromatic rings. The second-order valence-electron chi connectivity index (χ2n) is 4.88. The van der Waals surface area contributed by atoms with Crippen LogP contribution in [0.5, 0.6) is 0 Å². The summed E-state index contributed by atoms with van der Waals surface area (Å²) < 4.78 is 7.33. The van der Waals surface area contributed by atoms with E-state index in [0.717, 1.165) is 21.6 Å². The highest BCUT2D eigenvalue weighted by molar-refractivity contribution is 7.09. The first-order valence-corrected chi connectivity index (χ1v) is 7.62. The third kappa shape index (κ3) is 2.75. The van der Waals surface area contributed by atoms with Crippen molar-refractivity contribution in [2.45, 2.75) is 19.6 Å². The molecule has 2 heterocycles. The summed E-state index contributed by atoms with van der Waals surface area (Å²) in [6.45, 7) is 2.63. The third-order valence-electron chi connectivity index (χ3n) is 3.49. The summed E-state index contributed by atoms with van der Waals surface area (Å²) in [5.41, 5.74) is 1.96. The second-order valence-corrected chi connectivity index (χ2v) is 5.77. The number of hydrogen-bond donors (Lipinski definition) is 0. The average Bonchev–Trinajstić information content (AvgIpc) is 2.98. The molecule has 0 aliphatic heterocycles. The van der Waals surface area contributed by atoms with E-state index in [1.807, 2.05) is 47.3 Å². The molecule has 2 aromatic heterocycles. The van der Waals surface area contributed by atoms with Gasteiger partial charge in [-0.3, -0.25) is 4.79 Å². The molecule has 0 fully saturated rings. The minimum Gasteiger partial charge on any atom is -0.375 e. The van der Waals surface area contributed by atoms with Gasteiger partial charge < -0.3 is 9.30 Å². The number of nitrogens with zero attached hydrogens (tertiary/aromatic N) is 2. The third-order valence-corrected chi connectivity index (χ3v) is 4.54. The van der Waals surface area contributed by atoms with Crippen LogP contribution in [0.25, 0.3) is 10.9 Å². The quantitative estimate of drug-likeness (QED) is 0.743. The summed E-state index contributed by atoms with van der Waals surface area (Å²) in [5, 5.41) is 3.75. The van der Waals surface area contributed by atoms with Gasteiger partial charge in [-0.15, -0.1) is 11.3 Å². The van der Waals surface area contributed by atoms with E-state index in [1.54, 1.807) is 24.5 Å². The van der Waals surface area contributed by atoms with Crippen molar-refractivity contribution in [3.05, 3.63) is 62.8 Å². The van der Waals surface area contributed by atoms with Crippen molar-refractivity contribution in [3.8, 4) is 0 Å². The molecule has 1 unspecified atom stereocenters. The van der Waals surface area contributed by atoms with Gasteiger partial charge in [0, 0.05) is 30.1 Å². The fourth-order valence-electron chi connectivity index (χ4n) is 2.26. The van der Waals surface area contributed by atoms with Gasteiger partial charge in [0.1, 0.15) is 11.1 Å². The molecule has 1 aromatic carbocycles. The SMILES string of the molecule is COC(C)c1nc(Cn2ccc(=O)c3ccccc32)cs1. The number of benzene rings is 1.